The minimum atomic E-state index is -0.721. The first-order valence-corrected chi connectivity index (χ1v) is 8.35. The van der Waals surface area contributed by atoms with Gasteiger partial charge in [-0.15, -0.1) is 0 Å². The van der Waals surface area contributed by atoms with Gasteiger partial charge in [0.2, 0.25) is 0 Å². The maximum Gasteiger partial charge on any atom is 0.152 e. The van der Waals surface area contributed by atoms with Gasteiger partial charge in [0, 0.05) is 40.4 Å². The van der Waals surface area contributed by atoms with E-state index in [1.165, 1.54) is 12.1 Å². The number of aromatic nitrogens is 2. The van der Waals surface area contributed by atoms with Crippen molar-refractivity contribution in [2.24, 2.45) is 0 Å². The highest BCUT2D eigenvalue weighted by Crippen LogP contribution is 2.29. The molecule has 0 radical (unpaired) electrons. The average molecular weight is 370 g/mol. The van der Waals surface area contributed by atoms with Crippen molar-refractivity contribution in [3.05, 3.63) is 82.6 Å². The zero-order valence-electron chi connectivity index (χ0n) is 13.6. The topological polar surface area (TPSA) is 54.7 Å². The van der Waals surface area contributed by atoms with E-state index >= 15 is 0 Å². The minimum absolute atomic E-state index is 0.0530. The number of H-pyrrole nitrogens is 1. The summed E-state index contributed by atoms with van der Waals surface area (Å²) in [6.07, 6.45) is 3.54. The zero-order chi connectivity index (χ0) is 18.3. The molecule has 0 bridgehead atoms. The molecule has 0 atom stereocenters. The van der Waals surface area contributed by atoms with E-state index < -0.39 is 11.6 Å². The number of fused-ring (bicyclic) bond motifs is 1. The quantitative estimate of drug-likeness (QED) is 0.479. The van der Waals surface area contributed by atoms with Crippen molar-refractivity contribution in [2.45, 2.75) is 6.42 Å². The van der Waals surface area contributed by atoms with Crippen molar-refractivity contribution in [1.29, 1.82) is 0 Å². The molecule has 0 amide bonds. The summed E-state index contributed by atoms with van der Waals surface area (Å²) in [4.78, 5) is 7.45. The summed E-state index contributed by atoms with van der Waals surface area (Å²) in [6.45, 7) is 0. The largest absolute Gasteiger partial charge is 0.396 e. The molecule has 130 valence electrons. The SMILES string of the molecule is Nc1ccc(F)c(Cc2c[nH]c3ncc(-c4ccc(Cl)cc4)cc23)c1F. The number of halogens is 3. The molecular weight excluding hydrogens is 356 g/mol. The van der Waals surface area contributed by atoms with Gasteiger partial charge in [0.25, 0.3) is 0 Å². The zero-order valence-corrected chi connectivity index (χ0v) is 14.3. The number of nitrogens with two attached hydrogens (primary N) is 1. The monoisotopic (exact) mass is 369 g/mol. The van der Waals surface area contributed by atoms with E-state index in [-0.39, 0.29) is 17.7 Å². The molecule has 0 aliphatic rings. The summed E-state index contributed by atoms with van der Waals surface area (Å²) in [5, 5.41) is 1.46. The molecule has 4 rings (SSSR count). The average Bonchev–Trinajstić information content (AvgIpc) is 3.05. The number of rotatable bonds is 3. The maximum atomic E-state index is 14.2. The first kappa shape index (κ1) is 16.5. The van der Waals surface area contributed by atoms with Crippen LogP contribution in [0, 0.1) is 11.6 Å². The molecule has 3 nitrogen and oxygen atoms in total. The molecule has 0 fully saturated rings. The van der Waals surface area contributed by atoms with E-state index in [0.29, 0.717) is 10.7 Å². The van der Waals surface area contributed by atoms with E-state index in [9.17, 15) is 8.78 Å². The van der Waals surface area contributed by atoms with Crippen LogP contribution in [0.25, 0.3) is 22.2 Å². The maximum absolute atomic E-state index is 14.2. The van der Waals surface area contributed by atoms with Crippen LogP contribution < -0.4 is 5.73 Å². The molecule has 0 unspecified atom stereocenters. The second-order valence-corrected chi connectivity index (χ2v) is 6.48. The van der Waals surface area contributed by atoms with Crippen LogP contribution in [0.3, 0.4) is 0 Å². The molecule has 3 N–H and O–H groups in total. The van der Waals surface area contributed by atoms with E-state index in [4.69, 9.17) is 17.3 Å². The van der Waals surface area contributed by atoms with Crippen LogP contribution in [0.15, 0.2) is 54.9 Å². The molecule has 2 aromatic carbocycles. The van der Waals surface area contributed by atoms with Gasteiger partial charge in [0.1, 0.15) is 11.5 Å². The van der Waals surface area contributed by atoms with Gasteiger partial charge in [-0.25, -0.2) is 13.8 Å². The number of nitrogens with one attached hydrogen (secondary N) is 1. The van der Waals surface area contributed by atoms with Crippen molar-refractivity contribution < 1.29 is 8.78 Å². The molecule has 2 heterocycles. The molecule has 26 heavy (non-hydrogen) atoms. The van der Waals surface area contributed by atoms with Gasteiger partial charge in [0.15, 0.2) is 5.82 Å². The first-order chi connectivity index (χ1) is 12.5. The normalized spacial score (nSPS) is 11.2. The van der Waals surface area contributed by atoms with Crippen LogP contribution in [-0.4, -0.2) is 9.97 Å². The molecule has 0 saturated carbocycles. The molecule has 0 aliphatic heterocycles. The Morgan fingerprint density at radius 3 is 2.58 bits per heavy atom. The van der Waals surface area contributed by atoms with Crippen molar-refractivity contribution >= 4 is 28.3 Å². The van der Waals surface area contributed by atoms with Gasteiger partial charge >= 0.3 is 0 Å². The van der Waals surface area contributed by atoms with Gasteiger partial charge in [-0.3, -0.25) is 0 Å². The van der Waals surface area contributed by atoms with Gasteiger partial charge in [-0.2, -0.15) is 0 Å². The summed E-state index contributed by atoms with van der Waals surface area (Å²) in [5.41, 5.74) is 8.69. The lowest BCUT2D eigenvalue weighted by Gasteiger charge is -2.07. The van der Waals surface area contributed by atoms with Crippen LogP contribution in [0.5, 0.6) is 0 Å². The van der Waals surface area contributed by atoms with Crippen LogP contribution in [0.1, 0.15) is 11.1 Å². The molecule has 6 heteroatoms. The predicted octanol–water partition coefficient (Wildman–Crippen LogP) is 5.33. The Morgan fingerprint density at radius 1 is 1.04 bits per heavy atom. The van der Waals surface area contributed by atoms with Gasteiger partial charge in [-0.1, -0.05) is 23.7 Å². The first-order valence-electron chi connectivity index (χ1n) is 7.97. The molecular formula is C20H14ClF2N3. The van der Waals surface area contributed by atoms with Crippen LogP contribution in [-0.2, 0) is 6.42 Å². The van der Waals surface area contributed by atoms with Crippen LogP contribution >= 0.6 is 11.6 Å². The number of hydrogen-bond acceptors (Lipinski definition) is 2. The van der Waals surface area contributed by atoms with Crippen molar-refractivity contribution in [2.75, 3.05) is 5.73 Å². The highest BCUT2D eigenvalue weighted by atomic mass is 35.5. The van der Waals surface area contributed by atoms with E-state index in [1.54, 1.807) is 24.5 Å². The second-order valence-electron chi connectivity index (χ2n) is 6.05. The number of nitrogens with zero attached hydrogens (tertiary/aromatic N) is 1. The molecule has 0 spiro atoms. The van der Waals surface area contributed by atoms with E-state index in [2.05, 4.69) is 9.97 Å². The number of benzene rings is 2. The Labute approximate surface area is 153 Å². The molecule has 4 aromatic rings. The number of hydrogen-bond donors (Lipinski definition) is 2. The van der Waals surface area contributed by atoms with Gasteiger partial charge < -0.3 is 10.7 Å². The van der Waals surface area contributed by atoms with Crippen molar-refractivity contribution in [3.8, 4) is 11.1 Å². The second kappa shape index (κ2) is 6.42. The third kappa shape index (κ3) is 2.91. The Morgan fingerprint density at radius 2 is 1.81 bits per heavy atom. The van der Waals surface area contributed by atoms with E-state index in [1.807, 2.05) is 18.2 Å². The number of nitrogen functional groups attached to an aromatic ring is 1. The number of anilines is 1. The third-order valence-electron chi connectivity index (χ3n) is 4.38. The smallest absolute Gasteiger partial charge is 0.152 e. The van der Waals surface area contributed by atoms with E-state index in [0.717, 1.165) is 22.1 Å². The van der Waals surface area contributed by atoms with Gasteiger partial charge in [-0.05, 0) is 41.5 Å². The summed E-state index contributed by atoms with van der Waals surface area (Å²) in [5.74, 6) is -1.34. The Kier molecular flexibility index (Phi) is 4.09. The van der Waals surface area contributed by atoms with Gasteiger partial charge in [0.05, 0.1) is 5.69 Å². The molecule has 0 aliphatic carbocycles. The fraction of sp³-hybridized carbons (Fsp3) is 0.0500. The third-order valence-corrected chi connectivity index (χ3v) is 4.63. The minimum Gasteiger partial charge on any atom is -0.396 e. The fourth-order valence-electron chi connectivity index (χ4n) is 2.97. The van der Waals surface area contributed by atoms with Crippen molar-refractivity contribution in [3.63, 3.8) is 0 Å². The Hall–Kier alpha value is -2.92. The highest BCUT2D eigenvalue weighted by Gasteiger charge is 2.15. The lowest BCUT2D eigenvalue weighted by molar-refractivity contribution is 0.564. The Bertz CT molecular complexity index is 1100. The predicted molar refractivity (Wildman–Crippen MR) is 100 cm³/mol. The molecule has 0 saturated heterocycles. The van der Waals surface area contributed by atoms with Crippen LogP contribution in [0.2, 0.25) is 5.02 Å². The summed E-state index contributed by atoms with van der Waals surface area (Å²) in [7, 11) is 0. The molecule has 2 aromatic heterocycles. The van der Waals surface area contributed by atoms with Crippen LogP contribution in [0.4, 0.5) is 14.5 Å². The fourth-order valence-corrected chi connectivity index (χ4v) is 3.10. The number of aromatic amines is 1. The summed E-state index contributed by atoms with van der Waals surface area (Å²) < 4.78 is 28.3. The number of pyridine rings is 1. The Balaban J connectivity index is 1.78. The van der Waals surface area contributed by atoms with Crippen molar-refractivity contribution in [1.82, 2.24) is 9.97 Å². The lowest BCUT2D eigenvalue weighted by atomic mass is 10.0. The highest BCUT2D eigenvalue weighted by molar-refractivity contribution is 6.30. The standard InChI is InChI=1S/C20H14ClF2N3/c21-14-3-1-11(2-4-14)12-7-15-13(10-26-20(15)25-9-12)8-16-17(22)5-6-18(24)19(16)23/h1-7,9-10H,8,24H2,(H,25,26). The summed E-state index contributed by atoms with van der Waals surface area (Å²) >= 11 is 5.93. The lowest BCUT2D eigenvalue weighted by Crippen LogP contribution is -2.01. The summed E-state index contributed by atoms with van der Waals surface area (Å²) in [6, 6.07) is 11.7.